The molecule has 1 aliphatic heterocycles. The van der Waals surface area contributed by atoms with Crippen molar-refractivity contribution in [2.75, 3.05) is 11.5 Å². The predicted octanol–water partition coefficient (Wildman–Crippen LogP) is 6.73. The van der Waals surface area contributed by atoms with Gasteiger partial charge in [0, 0.05) is 16.3 Å². The molecule has 7 nitrogen and oxygen atoms in total. The minimum Gasteiger partial charge on any atom is -0.492 e. The summed E-state index contributed by atoms with van der Waals surface area (Å²) in [5.41, 5.74) is 0.961. The molecule has 8 heteroatoms. The normalized spacial score (nSPS) is 13.4. The number of benzene rings is 4. The lowest BCUT2D eigenvalue weighted by atomic mass is 9.96. The van der Waals surface area contributed by atoms with E-state index in [2.05, 4.69) is 0 Å². The zero-order valence-electron chi connectivity index (χ0n) is 22.1. The van der Waals surface area contributed by atoms with Crippen molar-refractivity contribution in [1.82, 2.24) is 0 Å². The molecule has 1 heterocycles. The second-order valence-electron chi connectivity index (χ2n) is 9.53. The molecule has 0 aliphatic carbocycles. The third kappa shape index (κ3) is 4.66. The van der Waals surface area contributed by atoms with E-state index >= 15 is 4.39 Å². The Kier molecular flexibility index (Phi) is 7.51. The van der Waals surface area contributed by atoms with Crippen LogP contribution < -0.4 is 14.4 Å². The first-order valence-electron chi connectivity index (χ1n) is 13.2. The van der Waals surface area contributed by atoms with Gasteiger partial charge in [-0.3, -0.25) is 14.4 Å². The lowest BCUT2D eigenvalue weighted by molar-refractivity contribution is -0.138. The fraction of sp³-hybridized carbons (Fsp3) is 0.219. The van der Waals surface area contributed by atoms with E-state index in [-0.39, 0.29) is 46.9 Å². The third-order valence-corrected chi connectivity index (χ3v) is 6.95. The molecule has 1 unspecified atom stereocenters. The summed E-state index contributed by atoms with van der Waals surface area (Å²) >= 11 is 0. The van der Waals surface area contributed by atoms with Crippen LogP contribution in [0.1, 0.15) is 64.4 Å². The number of carbonyl (C=O) groups is 3. The van der Waals surface area contributed by atoms with E-state index in [1.54, 1.807) is 13.0 Å². The van der Waals surface area contributed by atoms with E-state index in [9.17, 15) is 19.5 Å². The monoisotopic (exact) mass is 541 g/mol. The number of carboxylic acids is 1. The average Bonchev–Trinajstić information content (AvgIpc) is 3.22. The topological polar surface area (TPSA) is 93.1 Å². The lowest BCUT2D eigenvalue weighted by Gasteiger charge is -2.17. The fourth-order valence-corrected chi connectivity index (χ4v) is 5.03. The number of nitrogens with zero attached hydrogens (tertiary/aromatic N) is 1. The fourth-order valence-electron chi connectivity index (χ4n) is 5.03. The maximum Gasteiger partial charge on any atom is 0.311 e. The summed E-state index contributed by atoms with van der Waals surface area (Å²) in [4.78, 5) is 40.4. The van der Waals surface area contributed by atoms with Gasteiger partial charge in [0.1, 0.15) is 23.9 Å². The summed E-state index contributed by atoms with van der Waals surface area (Å²) in [6.45, 7) is 4.06. The number of rotatable bonds is 10. The van der Waals surface area contributed by atoms with E-state index in [1.807, 2.05) is 55.5 Å². The Morgan fingerprint density at radius 2 is 1.48 bits per heavy atom. The van der Waals surface area contributed by atoms with E-state index < -0.39 is 29.5 Å². The van der Waals surface area contributed by atoms with Crippen molar-refractivity contribution in [3.8, 4) is 11.5 Å². The molecule has 0 bridgehead atoms. The highest BCUT2D eigenvalue weighted by Crippen LogP contribution is 2.46. The van der Waals surface area contributed by atoms with Crippen LogP contribution >= 0.6 is 0 Å². The van der Waals surface area contributed by atoms with E-state index in [0.29, 0.717) is 23.8 Å². The molecule has 1 N–H and O–H groups in total. The minimum atomic E-state index is -1.15. The Morgan fingerprint density at radius 3 is 2.02 bits per heavy atom. The third-order valence-electron chi connectivity index (χ3n) is 6.95. The zero-order chi connectivity index (χ0) is 28.4. The van der Waals surface area contributed by atoms with Gasteiger partial charge in [0.15, 0.2) is 0 Å². The Labute approximate surface area is 230 Å². The van der Waals surface area contributed by atoms with Crippen LogP contribution in [0.5, 0.6) is 11.5 Å². The van der Waals surface area contributed by atoms with Crippen molar-refractivity contribution in [3.63, 3.8) is 0 Å². The number of ether oxygens (including phenoxy) is 2. The van der Waals surface area contributed by atoms with Crippen molar-refractivity contribution in [3.05, 3.63) is 101 Å². The van der Waals surface area contributed by atoms with Crippen molar-refractivity contribution < 1.29 is 33.4 Å². The van der Waals surface area contributed by atoms with Crippen LogP contribution in [0.15, 0.2) is 72.8 Å². The van der Waals surface area contributed by atoms with Crippen LogP contribution in [0.25, 0.3) is 10.8 Å². The summed E-state index contributed by atoms with van der Waals surface area (Å²) in [5, 5.41) is 10.7. The molecule has 2 amide bonds. The molecule has 204 valence electrons. The number of imide groups is 1. The highest BCUT2D eigenvalue weighted by atomic mass is 19.1. The highest BCUT2D eigenvalue weighted by molar-refractivity contribution is 6.38. The number of carboxylic acid groups (broad SMARTS) is 1. The second kappa shape index (κ2) is 11.2. The Balaban J connectivity index is 1.66. The SMILES string of the molecule is CCCOc1c2c(c(OCc3ccccc3)c3ccccc13)C(=O)N(c1ccc(C(CC)C(=O)O)c(F)c1)C2=O. The quantitative estimate of drug-likeness (QED) is 0.224. The van der Waals surface area contributed by atoms with Crippen molar-refractivity contribution >= 4 is 34.2 Å². The van der Waals surface area contributed by atoms with Gasteiger partial charge in [0.25, 0.3) is 11.8 Å². The Bertz CT molecular complexity index is 1620. The summed E-state index contributed by atoms with van der Waals surface area (Å²) in [6, 6.07) is 20.4. The molecule has 0 saturated carbocycles. The smallest absolute Gasteiger partial charge is 0.311 e. The van der Waals surface area contributed by atoms with Crippen LogP contribution in [0, 0.1) is 5.82 Å². The summed E-state index contributed by atoms with van der Waals surface area (Å²) in [6.07, 6.45) is 0.863. The standard InChI is InChI=1S/C32H28FNO6/c1-3-16-39-28-23-12-8-9-13-24(23)29(40-18-19-10-6-5-7-11-19)27-26(28)30(35)34(31(27)36)20-14-15-22(25(33)17-20)21(4-2)32(37)38/h5-15,17,21H,3-4,16,18H2,1-2H3,(H,37,38). The molecule has 0 spiro atoms. The van der Waals surface area contributed by atoms with Crippen molar-refractivity contribution in [2.45, 2.75) is 39.2 Å². The summed E-state index contributed by atoms with van der Waals surface area (Å²) in [5.74, 6) is -3.83. The van der Waals surface area contributed by atoms with E-state index in [1.165, 1.54) is 12.1 Å². The summed E-state index contributed by atoms with van der Waals surface area (Å²) in [7, 11) is 0. The van der Waals surface area contributed by atoms with Gasteiger partial charge in [0.05, 0.1) is 29.3 Å². The number of halogens is 1. The van der Waals surface area contributed by atoms with Crippen molar-refractivity contribution in [1.29, 1.82) is 0 Å². The number of amides is 2. The number of hydrogen-bond acceptors (Lipinski definition) is 5. The van der Waals surface area contributed by atoms with Crippen LogP contribution in [-0.2, 0) is 11.4 Å². The first-order chi connectivity index (χ1) is 19.4. The number of carbonyl (C=O) groups excluding carboxylic acids is 2. The molecule has 4 aromatic rings. The number of hydrogen-bond donors (Lipinski definition) is 1. The summed E-state index contributed by atoms with van der Waals surface area (Å²) < 4.78 is 27.5. The van der Waals surface area contributed by atoms with Gasteiger partial charge >= 0.3 is 5.97 Å². The molecule has 1 atom stereocenters. The molecular formula is C32H28FNO6. The van der Waals surface area contributed by atoms with Crippen LogP contribution in [0.2, 0.25) is 0 Å². The molecule has 40 heavy (non-hydrogen) atoms. The molecule has 0 saturated heterocycles. The van der Waals surface area contributed by atoms with E-state index in [4.69, 9.17) is 9.47 Å². The number of aliphatic carboxylic acids is 1. The molecule has 0 aromatic heterocycles. The molecule has 5 rings (SSSR count). The maximum absolute atomic E-state index is 15.2. The van der Waals surface area contributed by atoms with Gasteiger partial charge in [-0.1, -0.05) is 74.5 Å². The molecule has 4 aromatic carbocycles. The average molecular weight is 542 g/mol. The van der Waals surface area contributed by atoms with Gasteiger partial charge in [-0.05, 0) is 30.5 Å². The highest BCUT2D eigenvalue weighted by Gasteiger charge is 2.44. The lowest BCUT2D eigenvalue weighted by Crippen LogP contribution is -2.29. The molecule has 0 radical (unpaired) electrons. The first kappa shape index (κ1) is 26.9. The molecule has 1 aliphatic rings. The molecular weight excluding hydrogens is 513 g/mol. The minimum absolute atomic E-state index is 0.00722. The molecule has 0 fully saturated rings. The first-order valence-corrected chi connectivity index (χ1v) is 13.2. The van der Waals surface area contributed by atoms with Crippen LogP contribution in [-0.4, -0.2) is 29.5 Å². The van der Waals surface area contributed by atoms with Gasteiger partial charge in [-0.25, -0.2) is 9.29 Å². The number of anilines is 1. The Hall–Kier alpha value is -4.72. The zero-order valence-corrected chi connectivity index (χ0v) is 22.1. The van der Waals surface area contributed by atoms with Crippen LogP contribution in [0.4, 0.5) is 10.1 Å². The predicted molar refractivity (Wildman–Crippen MR) is 149 cm³/mol. The second-order valence-corrected chi connectivity index (χ2v) is 9.53. The van der Waals surface area contributed by atoms with Gasteiger partial charge in [-0.2, -0.15) is 0 Å². The maximum atomic E-state index is 15.2. The van der Waals surface area contributed by atoms with Gasteiger partial charge in [-0.15, -0.1) is 0 Å². The van der Waals surface area contributed by atoms with Gasteiger partial charge < -0.3 is 14.6 Å². The Morgan fingerprint density at radius 1 is 0.875 bits per heavy atom. The van der Waals surface area contributed by atoms with Gasteiger partial charge in [0.2, 0.25) is 0 Å². The number of fused-ring (bicyclic) bond motifs is 2. The van der Waals surface area contributed by atoms with Crippen LogP contribution in [0.3, 0.4) is 0 Å². The van der Waals surface area contributed by atoms with E-state index in [0.717, 1.165) is 16.5 Å². The largest absolute Gasteiger partial charge is 0.492 e. The van der Waals surface area contributed by atoms with Crippen molar-refractivity contribution in [2.24, 2.45) is 0 Å².